The first-order valence-electron chi connectivity index (χ1n) is 8.23. The van der Waals surface area contributed by atoms with Gasteiger partial charge in [-0.1, -0.05) is 47.8 Å². The highest BCUT2D eigenvalue weighted by Crippen LogP contribution is 2.37. The zero-order valence-corrected chi connectivity index (χ0v) is 19.6. The van der Waals surface area contributed by atoms with Crippen LogP contribution in [0.25, 0.3) is 0 Å². The number of alkyl halides is 3. The van der Waals surface area contributed by atoms with Gasteiger partial charge in [0.25, 0.3) is 0 Å². The van der Waals surface area contributed by atoms with Gasteiger partial charge in [-0.15, -0.1) is 17.3 Å². The number of halogens is 4. The summed E-state index contributed by atoms with van der Waals surface area (Å²) in [7, 11) is 0. The van der Waals surface area contributed by atoms with Gasteiger partial charge in [0, 0.05) is 23.2 Å². The van der Waals surface area contributed by atoms with Crippen LogP contribution < -0.4 is 0 Å². The zero-order chi connectivity index (χ0) is 18.6. The van der Waals surface area contributed by atoms with Crippen molar-refractivity contribution in [2.45, 2.75) is 78.7 Å². The molecule has 2 saturated heterocycles. The molecular formula is C17H22Br3ClO4. The molecule has 0 radical (unpaired) electrons. The molecule has 25 heavy (non-hydrogen) atoms. The number of hydrogen-bond donors (Lipinski definition) is 0. The minimum absolute atomic E-state index is 0.00964. The van der Waals surface area contributed by atoms with Crippen molar-refractivity contribution in [3.8, 4) is 0 Å². The van der Waals surface area contributed by atoms with Crippen LogP contribution in [-0.4, -0.2) is 51.5 Å². The van der Waals surface area contributed by atoms with Crippen LogP contribution in [0.2, 0.25) is 0 Å². The summed E-state index contributed by atoms with van der Waals surface area (Å²) in [5.41, 5.74) is 2.99. The first-order valence-corrected chi connectivity index (χ1v) is 11.4. The number of hydrogen-bond acceptors (Lipinski definition) is 4. The Hall–Kier alpha value is 0.640. The van der Waals surface area contributed by atoms with Gasteiger partial charge < -0.3 is 14.2 Å². The van der Waals surface area contributed by atoms with Crippen LogP contribution in [0.3, 0.4) is 0 Å². The molecule has 0 N–H and O–H groups in total. The Balaban J connectivity index is 2.28. The summed E-state index contributed by atoms with van der Waals surface area (Å²) in [5, 5.41) is -0.257. The lowest BCUT2D eigenvalue weighted by atomic mass is 10.0. The van der Waals surface area contributed by atoms with Gasteiger partial charge in [-0.25, -0.2) is 0 Å². The number of carbonyl (C=O) groups is 1. The number of carbonyl (C=O) groups excluding carboxylic acids is 1. The van der Waals surface area contributed by atoms with E-state index < -0.39 is 0 Å². The fourth-order valence-corrected chi connectivity index (χ4v) is 4.97. The van der Waals surface area contributed by atoms with Crippen molar-refractivity contribution < 1.29 is 19.0 Å². The van der Waals surface area contributed by atoms with E-state index >= 15 is 0 Å². The van der Waals surface area contributed by atoms with Crippen LogP contribution in [0, 0.1) is 0 Å². The van der Waals surface area contributed by atoms with Crippen LogP contribution in [0.15, 0.2) is 16.8 Å². The molecule has 0 amide bonds. The molecule has 4 nitrogen and oxygen atoms in total. The van der Waals surface area contributed by atoms with Crippen molar-refractivity contribution in [3.63, 3.8) is 0 Å². The van der Waals surface area contributed by atoms with Crippen molar-refractivity contribution in [2.24, 2.45) is 0 Å². The summed E-state index contributed by atoms with van der Waals surface area (Å²) in [5.74, 6) is -0.313. The number of ether oxygens (including phenoxy) is 3. The Bertz CT molecular complexity index is 526. The Morgan fingerprint density at radius 3 is 2.52 bits per heavy atom. The van der Waals surface area contributed by atoms with Crippen molar-refractivity contribution in [1.82, 2.24) is 0 Å². The molecule has 2 rings (SSSR count). The maximum atomic E-state index is 11.6. The quantitative estimate of drug-likeness (QED) is 0.273. The van der Waals surface area contributed by atoms with E-state index in [0.29, 0.717) is 12.8 Å². The first-order chi connectivity index (χ1) is 11.8. The molecule has 0 aromatic heterocycles. The highest BCUT2D eigenvalue weighted by Gasteiger charge is 2.42. The lowest BCUT2D eigenvalue weighted by Crippen LogP contribution is -2.37. The number of rotatable bonds is 2. The predicted molar refractivity (Wildman–Crippen MR) is 109 cm³/mol. The van der Waals surface area contributed by atoms with Crippen LogP contribution in [0.1, 0.15) is 33.1 Å². The zero-order valence-electron chi connectivity index (χ0n) is 14.0. The molecule has 0 spiro atoms. The third-order valence-corrected chi connectivity index (χ3v) is 7.22. The Kier molecular flexibility index (Phi) is 9.00. The Morgan fingerprint density at radius 1 is 1.20 bits per heavy atom. The highest BCUT2D eigenvalue weighted by molar-refractivity contribution is 9.11. The average molecular weight is 566 g/mol. The molecular weight excluding hydrogens is 543 g/mol. The second kappa shape index (κ2) is 10.3. The van der Waals surface area contributed by atoms with Gasteiger partial charge in [0.15, 0.2) is 0 Å². The minimum atomic E-state index is -0.336. The van der Waals surface area contributed by atoms with Gasteiger partial charge in [-0.05, 0) is 25.8 Å². The van der Waals surface area contributed by atoms with E-state index in [2.05, 4.69) is 53.5 Å². The largest absolute Gasteiger partial charge is 0.461 e. The second-order valence-electron chi connectivity index (χ2n) is 6.37. The molecule has 0 saturated carbocycles. The van der Waals surface area contributed by atoms with Gasteiger partial charge in [-0.3, -0.25) is 4.79 Å². The monoisotopic (exact) mass is 562 g/mol. The molecule has 2 heterocycles. The summed E-state index contributed by atoms with van der Waals surface area (Å²) in [6.45, 7) is 3.36. The van der Waals surface area contributed by atoms with E-state index in [-0.39, 0.29) is 51.5 Å². The molecule has 2 aliphatic rings. The molecule has 0 aromatic carbocycles. The van der Waals surface area contributed by atoms with Crippen LogP contribution >= 0.6 is 59.4 Å². The van der Waals surface area contributed by atoms with E-state index in [9.17, 15) is 4.79 Å². The van der Waals surface area contributed by atoms with Crippen LogP contribution in [0.5, 0.6) is 0 Å². The summed E-state index contributed by atoms with van der Waals surface area (Å²) in [6, 6.07) is 0. The Labute approximate surface area is 179 Å². The van der Waals surface area contributed by atoms with Gasteiger partial charge >= 0.3 is 5.97 Å². The third-order valence-electron chi connectivity index (χ3n) is 4.39. The maximum absolute atomic E-state index is 11.6. The smallest absolute Gasteiger partial charge is 0.302 e. The normalized spacial score (nSPS) is 42.0. The summed E-state index contributed by atoms with van der Waals surface area (Å²) in [4.78, 5) is 13.4. The molecule has 1 unspecified atom stereocenters. The standard InChI is InChI=1S/C17H22Br3ClO4/c1-9-17(21)16-8-13(20)15(25-16)7-12(19)14(24-10(2)22)6-11(23-9)4-3-5-18/h4-5,9,11-17H,6-8H2,1-2H3/t3?,9-,11+,12+,13-,14?,15-,16+,17-/m0/s1. The van der Waals surface area contributed by atoms with Crippen molar-refractivity contribution in [1.29, 1.82) is 0 Å². The molecule has 2 bridgehead atoms. The van der Waals surface area contributed by atoms with E-state index in [1.165, 1.54) is 6.92 Å². The summed E-state index contributed by atoms with van der Waals surface area (Å²) < 4.78 is 17.9. The van der Waals surface area contributed by atoms with Crippen molar-refractivity contribution >= 4 is 65.4 Å². The maximum Gasteiger partial charge on any atom is 0.302 e. The molecule has 0 aromatic rings. The number of esters is 1. The molecule has 8 heteroatoms. The molecule has 142 valence electrons. The van der Waals surface area contributed by atoms with E-state index in [1.54, 1.807) is 4.99 Å². The number of fused-ring (bicyclic) bond motifs is 2. The fraction of sp³-hybridized carbons (Fsp3) is 0.765. The van der Waals surface area contributed by atoms with Gasteiger partial charge in [0.2, 0.25) is 0 Å². The van der Waals surface area contributed by atoms with E-state index in [1.807, 2.05) is 13.0 Å². The molecule has 0 aliphatic carbocycles. The SMILES string of the molecule is CC(=O)OC1C[C@@H](C=C=CBr)O[C@@H](C)[C@H](Cl)[C@H]2C[C@H](Br)[C@H](C[C@H]1Br)O2. The fourth-order valence-electron chi connectivity index (χ4n) is 3.19. The second-order valence-corrected chi connectivity index (χ2v) is 9.68. The van der Waals surface area contributed by atoms with Gasteiger partial charge in [0.05, 0.1) is 34.6 Å². The minimum Gasteiger partial charge on any atom is -0.461 e. The average Bonchev–Trinajstić information content (AvgIpc) is 2.90. The van der Waals surface area contributed by atoms with Crippen LogP contribution in [-0.2, 0) is 19.0 Å². The summed E-state index contributed by atoms with van der Waals surface area (Å²) in [6.07, 6.45) is 2.98. The van der Waals surface area contributed by atoms with Gasteiger partial charge in [-0.2, -0.15) is 0 Å². The third kappa shape index (κ3) is 6.34. The highest BCUT2D eigenvalue weighted by atomic mass is 79.9. The molecule has 2 aliphatic heterocycles. The summed E-state index contributed by atoms with van der Waals surface area (Å²) >= 11 is 17.2. The lowest BCUT2D eigenvalue weighted by Gasteiger charge is -2.29. The van der Waals surface area contributed by atoms with Crippen molar-refractivity contribution in [2.75, 3.05) is 0 Å². The first kappa shape index (κ1) is 21.9. The lowest BCUT2D eigenvalue weighted by molar-refractivity contribution is -0.148. The van der Waals surface area contributed by atoms with Gasteiger partial charge in [0.1, 0.15) is 6.10 Å². The molecule has 2 fully saturated rings. The Morgan fingerprint density at radius 2 is 1.88 bits per heavy atom. The van der Waals surface area contributed by atoms with E-state index in [0.717, 1.165) is 6.42 Å². The van der Waals surface area contributed by atoms with Crippen LogP contribution in [0.4, 0.5) is 0 Å². The van der Waals surface area contributed by atoms with E-state index in [4.69, 9.17) is 25.8 Å². The van der Waals surface area contributed by atoms with Crippen molar-refractivity contribution in [3.05, 3.63) is 16.8 Å². The predicted octanol–water partition coefficient (Wildman–Crippen LogP) is 4.84. The molecule has 8 atom stereocenters. The topological polar surface area (TPSA) is 44.8 Å².